The number of benzene rings is 3. The fourth-order valence-corrected chi connectivity index (χ4v) is 5.98. The van der Waals surface area contributed by atoms with Crippen molar-refractivity contribution in [3.05, 3.63) is 89.0 Å². The van der Waals surface area contributed by atoms with Crippen LogP contribution >= 0.6 is 0 Å². The molecule has 2 aliphatic heterocycles. The molecule has 0 aliphatic carbocycles. The molecule has 2 atom stereocenters. The number of fused-ring (bicyclic) bond motifs is 1. The molecule has 0 spiro atoms. The predicted octanol–water partition coefficient (Wildman–Crippen LogP) is 5.74. The lowest BCUT2D eigenvalue weighted by molar-refractivity contribution is 0.0106. The lowest BCUT2D eigenvalue weighted by atomic mass is 9.87. The molecular formula is C35H46N2O5. The number of hydrogen-bond acceptors (Lipinski definition) is 7. The van der Waals surface area contributed by atoms with Crippen molar-refractivity contribution in [2.75, 3.05) is 65.1 Å². The fraction of sp³-hybridized carbons (Fsp3) is 0.486. The number of nitrogens with one attached hydrogen (secondary N) is 1. The van der Waals surface area contributed by atoms with Crippen molar-refractivity contribution in [2.24, 2.45) is 0 Å². The largest absolute Gasteiger partial charge is 0.496 e. The highest BCUT2D eigenvalue weighted by Gasteiger charge is 2.27. The SMILES string of the molecule is COCCN1CCCc2ccc(CO[C@H]3CNCC[C@@H]3c3ccc(OCCCOCc4ccccc4OC)cc3)cc21. The summed E-state index contributed by atoms with van der Waals surface area (Å²) in [5.41, 5.74) is 6.38. The van der Waals surface area contributed by atoms with Crippen LogP contribution in [0.25, 0.3) is 0 Å². The van der Waals surface area contributed by atoms with E-state index in [1.807, 2.05) is 24.3 Å². The van der Waals surface area contributed by atoms with Crippen molar-refractivity contribution < 1.29 is 23.7 Å². The number of ether oxygens (including phenoxy) is 5. The Morgan fingerprint density at radius 2 is 1.81 bits per heavy atom. The monoisotopic (exact) mass is 574 g/mol. The Morgan fingerprint density at radius 1 is 0.929 bits per heavy atom. The van der Waals surface area contributed by atoms with Gasteiger partial charge >= 0.3 is 0 Å². The summed E-state index contributed by atoms with van der Waals surface area (Å²) in [6.07, 6.45) is 4.36. The molecule has 1 fully saturated rings. The van der Waals surface area contributed by atoms with Crippen LogP contribution in [-0.4, -0.2) is 66.3 Å². The Morgan fingerprint density at radius 3 is 2.67 bits per heavy atom. The number of rotatable bonds is 15. The van der Waals surface area contributed by atoms with Crippen LogP contribution in [0.3, 0.4) is 0 Å². The quantitative estimate of drug-likeness (QED) is 0.232. The van der Waals surface area contributed by atoms with Gasteiger partial charge in [0.2, 0.25) is 0 Å². The number of hydrogen-bond donors (Lipinski definition) is 1. The van der Waals surface area contributed by atoms with Gasteiger partial charge in [0, 0.05) is 50.3 Å². The normalized spacial score (nSPS) is 18.5. The molecule has 0 radical (unpaired) electrons. The number of methoxy groups -OCH3 is 2. The van der Waals surface area contributed by atoms with Crippen LogP contribution in [0.1, 0.15) is 47.4 Å². The molecule has 0 amide bonds. The molecule has 3 aromatic rings. The number of piperidine rings is 1. The van der Waals surface area contributed by atoms with Gasteiger partial charge in [0.05, 0.1) is 46.2 Å². The Balaban J connectivity index is 1.08. The van der Waals surface area contributed by atoms with Crippen LogP contribution in [0, 0.1) is 0 Å². The Bertz CT molecular complexity index is 1230. The molecule has 5 rings (SSSR count). The zero-order valence-corrected chi connectivity index (χ0v) is 25.2. The zero-order chi connectivity index (χ0) is 29.0. The first-order valence-corrected chi connectivity index (χ1v) is 15.4. The van der Waals surface area contributed by atoms with E-state index in [9.17, 15) is 0 Å². The summed E-state index contributed by atoms with van der Waals surface area (Å²) in [6, 6.07) is 23.4. The Kier molecular flexibility index (Phi) is 11.5. The van der Waals surface area contributed by atoms with Gasteiger partial charge in [-0.15, -0.1) is 0 Å². The van der Waals surface area contributed by atoms with Gasteiger partial charge in [0.15, 0.2) is 0 Å². The maximum atomic E-state index is 6.56. The van der Waals surface area contributed by atoms with Crippen molar-refractivity contribution in [2.45, 2.75) is 50.9 Å². The topological polar surface area (TPSA) is 61.4 Å². The van der Waals surface area contributed by atoms with Crippen molar-refractivity contribution in [1.82, 2.24) is 5.32 Å². The maximum absolute atomic E-state index is 6.56. The van der Waals surface area contributed by atoms with Gasteiger partial charge in [-0.05, 0) is 66.8 Å². The second-order valence-electron chi connectivity index (χ2n) is 11.1. The lowest BCUT2D eigenvalue weighted by Crippen LogP contribution is -2.41. The highest BCUT2D eigenvalue weighted by Crippen LogP contribution is 2.32. The Labute approximate surface area is 251 Å². The van der Waals surface area contributed by atoms with Crippen LogP contribution in [0.2, 0.25) is 0 Å². The molecule has 2 heterocycles. The first kappa shape index (κ1) is 30.4. The number of para-hydroxylation sites is 1. The minimum Gasteiger partial charge on any atom is -0.496 e. The molecule has 7 nitrogen and oxygen atoms in total. The second-order valence-corrected chi connectivity index (χ2v) is 11.1. The second kappa shape index (κ2) is 15.9. The fourth-order valence-electron chi connectivity index (χ4n) is 5.98. The molecule has 0 unspecified atom stereocenters. The molecule has 226 valence electrons. The van der Waals surface area contributed by atoms with Crippen molar-refractivity contribution in [3.63, 3.8) is 0 Å². The molecule has 3 aromatic carbocycles. The van der Waals surface area contributed by atoms with Gasteiger partial charge in [0.1, 0.15) is 11.5 Å². The zero-order valence-electron chi connectivity index (χ0n) is 25.2. The molecule has 1 N–H and O–H groups in total. The van der Waals surface area contributed by atoms with Crippen molar-refractivity contribution >= 4 is 5.69 Å². The standard InChI is InChI=1S/C35H46N2O5/c1-38-22-19-37-18-5-8-29-11-10-27(23-33(29)37)25-42-35-24-36-17-16-32(35)28-12-14-31(15-13-28)41-21-6-20-40-26-30-7-3-4-9-34(30)39-2/h3-4,7,9-15,23,32,35-36H,5-6,8,16-22,24-26H2,1-2H3/t32-,35+/m1/s1. The van der Waals surface area contributed by atoms with E-state index in [1.165, 1.54) is 28.8 Å². The summed E-state index contributed by atoms with van der Waals surface area (Å²) >= 11 is 0. The van der Waals surface area contributed by atoms with Gasteiger partial charge < -0.3 is 33.9 Å². The van der Waals surface area contributed by atoms with E-state index in [4.69, 9.17) is 23.7 Å². The number of anilines is 1. The van der Waals surface area contributed by atoms with Gasteiger partial charge in [-0.1, -0.05) is 42.5 Å². The number of aryl methyl sites for hydroxylation is 1. The summed E-state index contributed by atoms with van der Waals surface area (Å²) in [5.74, 6) is 2.11. The minimum atomic E-state index is 0.131. The van der Waals surface area contributed by atoms with E-state index in [0.717, 1.165) is 69.1 Å². The van der Waals surface area contributed by atoms with Crippen molar-refractivity contribution in [3.8, 4) is 11.5 Å². The third-order valence-corrected chi connectivity index (χ3v) is 8.28. The summed E-state index contributed by atoms with van der Waals surface area (Å²) < 4.78 is 29.1. The predicted molar refractivity (Wildman–Crippen MR) is 167 cm³/mol. The highest BCUT2D eigenvalue weighted by molar-refractivity contribution is 5.57. The number of nitrogens with zero attached hydrogens (tertiary/aromatic N) is 1. The van der Waals surface area contributed by atoms with Crippen molar-refractivity contribution in [1.29, 1.82) is 0 Å². The molecule has 42 heavy (non-hydrogen) atoms. The van der Waals surface area contributed by atoms with Crippen LogP contribution in [0.15, 0.2) is 66.7 Å². The van der Waals surface area contributed by atoms with Crippen LogP contribution in [0.4, 0.5) is 5.69 Å². The highest BCUT2D eigenvalue weighted by atomic mass is 16.5. The lowest BCUT2D eigenvalue weighted by Gasteiger charge is -2.33. The summed E-state index contributed by atoms with van der Waals surface area (Å²) in [6.45, 7) is 7.05. The van der Waals surface area contributed by atoms with E-state index >= 15 is 0 Å². The minimum absolute atomic E-state index is 0.131. The molecular weight excluding hydrogens is 528 g/mol. The molecule has 0 bridgehead atoms. The summed E-state index contributed by atoms with van der Waals surface area (Å²) in [7, 11) is 3.46. The molecule has 0 aromatic heterocycles. The molecule has 7 heteroatoms. The molecule has 1 saturated heterocycles. The van der Waals surface area contributed by atoms with Gasteiger partial charge in [-0.25, -0.2) is 0 Å². The Hall–Kier alpha value is -3.10. The molecule has 2 aliphatic rings. The van der Waals surface area contributed by atoms with E-state index in [2.05, 4.69) is 52.7 Å². The van der Waals surface area contributed by atoms with Crippen LogP contribution in [-0.2, 0) is 33.8 Å². The maximum Gasteiger partial charge on any atom is 0.124 e. The van der Waals surface area contributed by atoms with Gasteiger partial charge in [0.25, 0.3) is 0 Å². The van der Waals surface area contributed by atoms with Crippen LogP contribution in [0.5, 0.6) is 11.5 Å². The van der Waals surface area contributed by atoms with Crippen LogP contribution < -0.4 is 19.7 Å². The van der Waals surface area contributed by atoms with E-state index < -0.39 is 0 Å². The summed E-state index contributed by atoms with van der Waals surface area (Å²) in [4.78, 5) is 2.45. The van der Waals surface area contributed by atoms with E-state index in [1.54, 1.807) is 14.2 Å². The third kappa shape index (κ3) is 8.26. The third-order valence-electron chi connectivity index (χ3n) is 8.28. The average Bonchev–Trinajstić information content (AvgIpc) is 3.05. The average molecular weight is 575 g/mol. The van der Waals surface area contributed by atoms with Gasteiger partial charge in [-0.3, -0.25) is 0 Å². The first-order valence-electron chi connectivity index (χ1n) is 15.4. The summed E-state index contributed by atoms with van der Waals surface area (Å²) in [5, 5.41) is 3.53. The van der Waals surface area contributed by atoms with E-state index in [0.29, 0.717) is 32.3 Å². The molecule has 0 saturated carbocycles. The smallest absolute Gasteiger partial charge is 0.124 e. The first-order chi connectivity index (χ1) is 20.7. The van der Waals surface area contributed by atoms with E-state index in [-0.39, 0.29) is 6.10 Å². The van der Waals surface area contributed by atoms with Gasteiger partial charge in [-0.2, -0.15) is 0 Å².